The van der Waals surface area contributed by atoms with Crippen LogP contribution in [0.1, 0.15) is 13.8 Å². The highest BCUT2D eigenvalue weighted by atomic mass is 79.9. The van der Waals surface area contributed by atoms with Crippen LogP contribution in [0.2, 0.25) is 0 Å². The maximum absolute atomic E-state index is 11.4. The van der Waals surface area contributed by atoms with Crippen LogP contribution in [0.25, 0.3) is 0 Å². The Balaban J connectivity index is 2.65. The number of amides is 2. The molecule has 1 heterocycles. The molecule has 0 aromatic heterocycles. The number of nitrogens with zero attached hydrogens (tertiary/aromatic N) is 1. The van der Waals surface area contributed by atoms with Crippen LogP contribution < -0.4 is 0 Å². The van der Waals surface area contributed by atoms with Gasteiger partial charge in [-0.3, -0.25) is 14.5 Å². The minimum Gasteiger partial charge on any atom is -0.362 e. The second kappa shape index (κ2) is 4.40. The number of alkyl halides is 1. The first-order chi connectivity index (χ1) is 6.46. The predicted octanol–water partition coefficient (Wildman–Crippen LogP) is 0.793. The Kier molecular flexibility index (Phi) is 3.66. The molecule has 0 aromatic rings. The third-order valence-electron chi connectivity index (χ3n) is 2.00. The molecule has 4 nitrogen and oxygen atoms in total. The molecule has 0 spiro atoms. The van der Waals surface area contributed by atoms with Gasteiger partial charge in [-0.05, 0) is 5.41 Å². The molecule has 0 N–H and O–H groups in total. The molecule has 0 radical (unpaired) electrons. The van der Waals surface area contributed by atoms with Crippen LogP contribution in [0.3, 0.4) is 0 Å². The van der Waals surface area contributed by atoms with Gasteiger partial charge in [-0.2, -0.15) is 0 Å². The fourth-order valence-corrected chi connectivity index (χ4v) is 1.34. The first-order valence-corrected chi connectivity index (χ1v) is 5.55. The molecule has 0 aliphatic carbocycles. The number of ether oxygens (including phenoxy) is 1. The molecule has 0 aromatic carbocycles. The van der Waals surface area contributed by atoms with Gasteiger partial charge in [-0.1, -0.05) is 29.8 Å². The molecule has 1 aliphatic rings. The molecule has 14 heavy (non-hydrogen) atoms. The van der Waals surface area contributed by atoms with Crippen LogP contribution in [0.5, 0.6) is 0 Å². The van der Waals surface area contributed by atoms with Crippen molar-refractivity contribution in [3.63, 3.8) is 0 Å². The Hall–Kier alpha value is -0.420. The molecule has 1 aliphatic heterocycles. The van der Waals surface area contributed by atoms with Gasteiger partial charge in [0.2, 0.25) is 0 Å². The molecule has 0 unspecified atom stereocenters. The lowest BCUT2D eigenvalue weighted by Crippen LogP contribution is -2.50. The molecule has 2 amide bonds. The summed E-state index contributed by atoms with van der Waals surface area (Å²) in [5.74, 6) is -0.481. The molecular formula is C9H14BrNO3. The summed E-state index contributed by atoms with van der Waals surface area (Å²) in [4.78, 5) is 24.0. The Morgan fingerprint density at radius 1 is 1.36 bits per heavy atom. The van der Waals surface area contributed by atoms with E-state index in [0.29, 0.717) is 6.54 Å². The molecule has 80 valence electrons. The zero-order chi connectivity index (χ0) is 10.8. The van der Waals surface area contributed by atoms with E-state index in [-0.39, 0.29) is 30.4 Å². The number of halogens is 1. The van der Waals surface area contributed by atoms with Gasteiger partial charge in [0.25, 0.3) is 11.8 Å². The summed E-state index contributed by atoms with van der Waals surface area (Å²) in [6.07, 6.45) is 0. The molecule has 0 bridgehead atoms. The number of carbonyl (C=O) groups excluding carboxylic acids is 2. The first-order valence-electron chi connectivity index (χ1n) is 4.43. The average molecular weight is 264 g/mol. The minimum atomic E-state index is -0.240. The van der Waals surface area contributed by atoms with E-state index in [2.05, 4.69) is 15.9 Å². The lowest BCUT2D eigenvalue weighted by molar-refractivity contribution is -0.159. The van der Waals surface area contributed by atoms with E-state index < -0.39 is 0 Å². The maximum Gasteiger partial charge on any atom is 0.255 e. The zero-order valence-electron chi connectivity index (χ0n) is 8.38. The van der Waals surface area contributed by atoms with Crippen molar-refractivity contribution >= 4 is 27.7 Å². The van der Waals surface area contributed by atoms with Crippen molar-refractivity contribution in [1.29, 1.82) is 0 Å². The van der Waals surface area contributed by atoms with Gasteiger partial charge in [-0.25, -0.2) is 0 Å². The lowest BCUT2D eigenvalue weighted by atomic mass is 9.95. The fraction of sp³-hybridized carbons (Fsp3) is 0.778. The summed E-state index contributed by atoms with van der Waals surface area (Å²) in [5, 5.41) is 0.748. The van der Waals surface area contributed by atoms with Crippen molar-refractivity contribution in [1.82, 2.24) is 4.90 Å². The maximum atomic E-state index is 11.4. The smallest absolute Gasteiger partial charge is 0.255 e. The largest absolute Gasteiger partial charge is 0.362 e. The first kappa shape index (κ1) is 11.7. The number of hydrogen-bond donors (Lipinski definition) is 0. The van der Waals surface area contributed by atoms with Crippen LogP contribution in [0, 0.1) is 5.41 Å². The van der Waals surface area contributed by atoms with E-state index in [9.17, 15) is 9.59 Å². The zero-order valence-corrected chi connectivity index (χ0v) is 9.96. The third kappa shape index (κ3) is 2.78. The second-order valence-corrected chi connectivity index (χ2v) is 4.73. The number of morpholine rings is 1. The van der Waals surface area contributed by atoms with Gasteiger partial charge in [-0.15, -0.1) is 0 Å². The summed E-state index contributed by atoms with van der Waals surface area (Å²) in [6.45, 7) is 4.48. The van der Waals surface area contributed by atoms with Gasteiger partial charge in [0.15, 0.2) is 0 Å². The Morgan fingerprint density at radius 2 is 1.86 bits per heavy atom. The van der Waals surface area contributed by atoms with Crippen LogP contribution in [0.15, 0.2) is 0 Å². The van der Waals surface area contributed by atoms with Crippen molar-refractivity contribution in [2.45, 2.75) is 13.8 Å². The second-order valence-electron chi connectivity index (χ2n) is 4.16. The summed E-state index contributed by atoms with van der Waals surface area (Å²) in [5.41, 5.74) is -0.0946. The van der Waals surface area contributed by atoms with Gasteiger partial charge >= 0.3 is 0 Å². The highest BCUT2D eigenvalue weighted by Gasteiger charge is 2.31. The predicted molar refractivity (Wildman–Crippen MR) is 55.1 cm³/mol. The van der Waals surface area contributed by atoms with Crippen LogP contribution >= 0.6 is 15.9 Å². The van der Waals surface area contributed by atoms with Gasteiger partial charge in [0.05, 0.1) is 0 Å². The minimum absolute atomic E-state index is 0.0180. The van der Waals surface area contributed by atoms with Crippen molar-refractivity contribution in [3.8, 4) is 0 Å². The topological polar surface area (TPSA) is 46.6 Å². The van der Waals surface area contributed by atoms with E-state index in [1.165, 1.54) is 4.90 Å². The molecule has 0 saturated carbocycles. The Labute approximate surface area is 91.7 Å². The van der Waals surface area contributed by atoms with Crippen molar-refractivity contribution < 1.29 is 14.3 Å². The van der Waals surface area contributed by atoms with Crippen molar-refractivity contribution in [2.75, 3.05) is 25.1 Å². The van der Waals surface area contributed by atoms with E-state index in [1.807, 2.05) is 13.8 Å². The molecule has 1 saturated heterocycles. The monoisotopic (exact) mass is 263 g/mol. The van der Waals surface area contributed by atoms with E-state index in [0.717, 1.165) is 5.33 Å². The third-order valence-corrected chi connectivity index (χ3v) is 3.52. The number of hydrogen-bond acceptors (Lipinski definition) is 3. The molecule has 0 atom stereocenters. The number of imide groups is 1. The Bertz CT molecular complexity index is 236. The molecule has 1 rings (SSSR count). The Morgan fingerprint density at radius 3 is 2.29 bits per heavy atom. The standard InChI is InChI=1S/C9H14BrNO3/c1-9(2,5-10)6-11-7(12)3-14-4-8(11)13/h3-6H2,1-2H3. The normalized spacial score (nSPS) is 18.9. The van der Waals surface area contributed by atoms with E-state index in [1.54, 1.807) is 0 Å². The number of carbonyl (C=O) groups is 2. The highest BCUT2D eigenvalue weighted by Crippen LogP contribution is 2.20. The van der Waals surface area contributed by atoms with Gasteiger partial charge in [0, 0.05) is 11.9 Å². The van der Waals surface area contributed by atoms with Crippen LogP contribution in [0.4, 0.5) is 0 Å². The van der Waals surface area contributed by atoms with Crippen molar-refractivity contribution in [3.05, 3.63) is 0 Å². The van der Waals surface area contributed by atoms with Gasteiger partial charge < -0.3 is 4.74 Å². The summed E-state index contributed by atoms with van der Waals surface area (Å²) in [6, 6.07) is 0. The molecule has 5 heteroatoms. The van der Waals surface area contributed by atoms with Gasteiger partial charge in [0.1, 0.15) is 13.2 Å². The molecule has 1 fully saturated rings. The summed E-state index contributed by atoms with van der Waals surface area (Å²) in [7, 11) is 0. The fourth-order valence-electron chi connectivity index (χ4n) is 1.17. The summed E-state index contributed by atoms with van der Waals surface area (Å²) >= 11 is 3.36. The molecular weight excluding hydrogens is 250 g/mol. The summed E-state index contributed by atoms with van der Waals surface area (Å²) < 4.78 is 4.82. The van der Waals surface area contributed by atoms with Crippen LogP contribution in [-0.2, 0) is 14.3 Å². The number of rotatable bonds is 3. The van der Waals surface area contributed by atoms with Crippen molar-refractivity contribution in [2.24, 2.45) is 5.41 Å². The SMILES string of the molecule is CC(C)(CBr)CN1C(=O)COCC1=O. The van der Waals surface area contributed by atoms with Crippen LogP contribution in [-0.4, -0.2) is 41.8 Å². The lowest BCUT2D eigenvalue weighted by Gasteiger charge is -2.32. The van der Waals surface area contributed by atoms with E-state index in [4.69, 9.17) is 4.74 Å². The quantitative estimate of drug-likeness (QED) is 0.559. The highest BCUT2D eigenvalue weighted by molar-refractivity contribution is 9.09. The van der Waals surface area contributed by atoms with E-state index >= 15 is 0 Å². The average Bonchev–Trinajstić information content (AvgIpc) is 2.12.